The van der Waals surface area contributed by atoms with E-state index in [9.17, 15) is 13.2 Å². The summed E-state index contributed by atoms with van der Waals surface area (Å²) in [4.78, 5) is 0. The average molecular weight is 308 g/mol. The third-order valence-electron chi connectivity index (χ3n) is 2.36. The fourth-order valence-corrected chi connectivity index (χ4v) is 4.46. The first kappa shape index (κ1) is 17.2. The summed E-state index contributed by atoms with van der Waals surface area (Å²) in [5.41, 5.74) is 0. The summed E-state index contributed by atoms with van der Waals surface area (Å²) in [6.45, 7) is 6.79. The first-order valence-electron chi connectivity index (χ1n) is 6.27. The Balaban J connectivity index is 3.43. The normalized spacial score (nSPS) is 12.5. The van der Waals surface area contributed by atoms with Gasteiger partial charge in [0, 0.05) is 31.5 Å². The second kappa shape index (κ2) is 6.71. The minimum absolute atomic E-state index is 0.371. The predicted octanol–water partition coefficient (Wildman–Crippen LogP) is 2.75. The van der Waals surface area contributed by atoms with Crippen LogP contribution in [0.1, 0.15) is 27.7 Å². The molecular weight excluding hydrogens is 289 g/mol. The van der Waals surface area contributed by atoms with E-state index < -0.39 is 31.4 Å². The van der Waals surface area contributed by atoms with Crippen molar-refractivity contribution in [3.8, 4) is 0 Å². The maximum absolute atomic E-state index is 14.0. The summed E-state index contributed by atoms with van der Waals surface area (Å²) in [5, 5.41) is -0.469. The van der Waals surface area contributed by atoms with Crippen molar-refractivity contribution in [2.45, 2.75) is 39.9 Å². The van der Waals surface area contributed by atoms with Crippen LogP contribution >= 0.6 is 0 Å². The summed E-state index contributed by atoms with van der Waals surface area (Å²) in [6.07, 6.45) is -0.742. The molecule has 0 N–H and O–H groups in total. The molecule has 0 aliphatic carbocycles. The molecule has 7 heteroatoms. The van der Waals surface area contributed by atoms with E-state index in [1.165, 1.54) is 7.11 Å². The monoisotopic (exact) mass is 308 g/mol. The molecule has 0 amide bonds. The molecule has 20 heavy (non-hydrogen) atoms. The molecule has 0 spiro atoms. The Hall–Kier alpha value is -0.893. The number of benzene rings is 1. The van der Waals surface area contributed by atoms with E-state index in [2.05, 4.69) is 0 Å². The molecule has 0 atom stereocenters. The number of rotatable bonds is 6. The van der Waals surface area contributed by atoms with Crippen molar-refractivity contribution in [1.82, 2.24) is 0 Å². The lowest BCUT2D eigenvalue weighted by Gasteiger charge is -2.32. The topological polar surface area (TPSA) is 27.7 Å². The van der Waals surface area contributed by atoms with Gasteiger partial charge < -0.3 is 13.3 Å². The van der Waals surface area contributed by atoms with Gasteiger partial charge in [-0.1, -0.05) is 0 Å². The Bertz CT molecular complexity index is 433. The van der Waals surface area contributed by atoms with Crippen molar-refractivity contribution < 1.29 is 26.4 Å². The van der Waals surface area contributed by atoms with Crippen LogP contribution in [-0.2, 0) is 13.3 Å². The summed E-state index contributed by atoms with van der Waals surface area (Å²) in [5.74, 6) is -3.15. The Morgan fingerprint density at radius 3 is 1.60 bits per heavy atom. The molecule has 1 aromatic carbocycles. The number of hydrogen-bond acceptors (Lipinski definition) is 3. The minimum Gasteiger partial charge on any atom is -0.373 e. The van der Waals surface area contributed by atoms with Crippen LogP contribution in [0.3, 0.4) is 0 Å². The molecule has 0 fully saturated rings. The van der Waals surface area contributed by atoms with E-state index in [-0.39, 0.29) is 12.2 Å². The third kappa shape index (κ3) is 3.82. The largest absolute Gasteiger partial charge is 0.543 e. The van der Waals surface area contributed by atoms with Gasteiger partial charge in [0.25, 0.3) is 0 Å². The van der Waals surface area contributed by atoms with Gasteiger partial charge in [-0.2, -0.15) is 0 Å². The highest BCUT2D eigenvalue weighted by atomic mass is 28.4. The van der Waals surface area contributed by atoms with Gasteiger partial charge in [0.15, 0.2) is 0 Å². The molecule has 0 aliphatic rings. The molecule has 0 radical (unpaired) electrons. The van der Waals surface area contributed by atoms with E-state index in [0.29, 0.717) is 12.1 Å². The van der Waals surface area contributed by atoms with Crippen LogP contribution < -0.4 is 5.19 Å². The van der Waals surface area contributed by atoms with Crippen molar-refractivity contribution >= 4 is 14.0 Å². The van der Waals surface area contributed by atoms with Crippen molar-refractivity contribution in [3.63, 3.8) is 0 Å². The fourth-order valence-electron chi connectivity index (χ4n) is 1.80. The van der Waals surface area contributed by atoms with Gasteiger partial charge in [0.2, 0.25) is 0 Å². The van der Waals surface area contributed by atoms with Crippen molar-refractivity contribution in [2.24, 2.45) is 0 Å². The fraction of sp³-hybridized carbons (Fsp3) is 0.538. The summed E-state index contributed by atoms with van der Waals surface area (Å²) < 4.78 is 57.5. The van der Waals surface area contributed by atoms with Gasteiger partial charge in [-0.15, -0.1) is 0 Å². The molecule has 0 saturated heterocycles. The van der Waals surface area contributed by atoms with Crippen molar-refractivity contribution in [2.75, 3.05) is 7.11 Å². The van der Waals surface area contributed by atoms with E-state index in [1.807, 2.05) is 0 Å². The van der Waals surface area contributed by atoms with Gasteiger partial charge >= 0.3 is 8.80 Å². The van der Waals surface area contributed by atoms with Crippen LogP contribution in [0.25, 0.3) is 0 Å². The zero-order valence-electron chi connectivity index (χ0n) is 12.2. The summed E-state index contributed by atoms with van der Waals surface area (Å²) >= 11 is 0. The quantitative estimate of drug-likeness (QED) is 0.756. The van der Waals surface area contributed by atoms with Crippen LogP contribution in [0.15, 0.2) is 12.1 Å². The standard InChI is InChI=1S/C13H19F3O3Si/c1-8(2)18-20(17-5,19-9(3)4)13-11(15)6-10(14)7-12(13)16/h6-9H,1-5H3. The number of hydrogen-bond donors (Lipinski definition) is 0. The van der Waals surface area contributed by atoms with Crippen LogP contribution in [-0.4, -0.2) is 28.1 Å². The zero-order chi connectivity index (χ0) is 15.5. The highest BCUT2D eigenvalue weighted by Crippen LogP contribution is 2.19. The van der Waals surface area contributed by atoms with Gasteiger partial charge in [-0.05, 0) is 27.7 Å². The molecule has 114 valence electrons. The Morgan fingerprint density at radius 1 is 0.900 bits per heavy atom. The highest BCUT2D eigenvalue weighted by Gasteiger charge is 2.49. The molecule has 3 nitrogen and oxygen atoms in total. The lowest BCUT2D eigenvalue weighted by atomic mass is 10.3. The van der Waals surface area contributed by atoms with Gasteiger partial charge in [0.05, 0.1) is 5.19 Å². The molecular formula is C13H19F3O3Si. The highest BCUT2D eigenvalue weighted by molar-refractivity contribution is 6.75. The first-order valence-corrected chi connectivity index (χ1v) is 8.00. The maximum atomic E-state index is 14.0. The molecule has 1 rings (SSSR count). The van der Waals surface area contributed by atoms with Gasteiger partial charge in [-0.3, -0.25) is 0 Å². The van der Waals surface area contributed by atoms with E-state index in [1.54, 1.807) is 27.7 Å². The second-order valence-corrected chi connectivity index (χ2v) is 7.33. The van der Waals surface area contributed by atoms with Crippen molar-refractivity contribution in [3.05, 3.63) is 29.6 Å². The summed E-state index contributed by atoms with van der Waals surface area (Å²) in [7, 11) is -2.54. The summed E-state index contributed by atoms with van der Waals surface area (Å²) in [6, 6.07) is 1.18. The van der Waals surface area contributed by atoms with E-state index in [0.717, 1.165) is 0 Å². The first-order chi connectivity index (χ1) is 9.21. The maximum Gasteiger partial charge on any atom is 0.543 e. The lowest BCUT2D eigenvalue weighted by Crippen LogP contribution is -2.60. The zero-order valence-corrected chi connectivity index (χ0v) is 13.2. The van der Waals surface area contributed by atoms with Crippen molar-refractivity contribution in [1.29, 1.82) is 0 Å². The predicted molar refractivity (Wildman–Crippen MR) is 71.2 cm³/mol. The molecule has 0 bridgehead atoms. The smallest absolute Gasteiger partial charge is 0.373 e. The minimum atomic E-state index is -3.80. The van der Waals surface area contributed by atoms with Crippen LogP contribution in [0.5, 0.6) is 0 Å². The molecule has 1 aromatic rings. The Kier molecular flexibility index (Phi) is 5.75. The molecule has 0 aromatic heterocycles. The van der Waals surface area contributed by atoms with Crippen LogP contribution in [0.4, 0.5) is 13.2 Å². The van der Waals surface area contributed by atoms with E-state index >= 15 is 0 Å². The molecule has 0 aliphatic heterocycles. The van der Waals surface area contributed by atoms with Gasteiger partial charge in [0.1, 0.15) is 17.5 Å². The second-order valence-electron chi connectivity index (χ2n) is 4.84. The average Bonchev–Trinajstić information content (AvgIpc) is 2.25. The molecule has 0 unspecified atom stereocenters. The molecule has 0 saturated carbocycles. The lowest BCUT2D eigenvalue weighted by molar-refractivity contribution is 0.0444. The van der Waals surface area contributed by atoms with Gasteiger partial charge in [-0.25, -0.2) is 13.2 Å². The van der Waals surface area contributed by atoms with Crippen LogP contribution in [0.2, 0.25) is 0 Å². The Labute approximate surface area is 118 Å². The third-order valence-corrected chi connectivity index (χ3v) is 5.55. The Morgan fingerprint density at radius 2 is 1.30 bits per heavy atom. The molecule has 0 heterocycles. The SMILES string of the molecule is CO[Si](OC(C)C)(OC(C)C)c1c(F)cc(F)cc1F. The van der Waals surface area contributed by atoms with E-state index in [4.69, 9.17) is 13.3 Å². The van der Waals surface area contributed by atoms with Crippen LogP contribution in [0, 0.1) is 17.5 Å². The number of halogens is 3.